The Morgan fingerprint density at radius 2 is 2.00 bits per heavy atom. The molecular formula is C7H9NaO3. The quantitative estimate of drug-likeness (QED) is 0.373. The summed E-state index contributed by atoms with van der Waals surface area (Å²) < 4.78 is 4.99. The Kier molecular flexibility index (Phi) is 2.64. The minimum atomic E-state index is -0.891. The van der Waals surface area contributed by atoms with E-state index in [1.54, 1.807) is 0 Å². The van der Waals surface area contributed by atoms with Crippen LogP contribution in [0.3, 0.4) is 0 Å². The molecule has 1 heterocycles. The van der Waals surface area contributed by atoms with Crippen molar-refractivity contribution in [1.82, 2.24) is 0 Å². The third kappa shape index (κ3) is 1.47. The Morgan fingerprint density at radius 3 is 2.27 bits per heavy atom. The molecule has 1 saturated carbocycles. The number of aliphatic carboxylic acids is 1. The fourth-order valence-electron chi connectivity index (χ4n) is 1.78. The molecule has 1 spiro atoms. The van der Waals surface area contributed by atoms with Crippen molar-refractivity contribution in [3.8, 4) is 0 Å². The van der Waals surface area contributed by atoms with E-state index in [-0.39, 0.29) is 40.9 Å². The van der Waals surface area contributed by atoms with Crippen LogP contribution in [0.5, 0.6) is 0 Å². The van der Waals surface area contributed by atoms with Gasteiger partial charge in [-0.2, -0.15) is 0 Å². The first-order valence-corrected chi connectivity index (χ1v) is 3.50. The largest absolute Gasteiger partial charge is 1.00 e. The maximum Gasteiger partial charge on any atom is 1.00 e. The number of rotatable bonds is 1. The topological polar surface area (TPSA) is 49.4 Å². The van der Waals surface area contributed by atoms with Crippen LogP contribution >= 0.6 is 0 Å². The molecule has 2 rings (SSSR count). The summed E-state index contributed by atoms with van der Waals surface area (Å²) in [5, 5.41) is 10.3. The van der Waals surface area contributed by atoms with Crippen molar-refractivity contribution in [1.29, 1.82) is 0 Å². The molecule has 0 atom stereocenters. The first-order chi connectivity index (χ1) is 4.72. The van der Waals surface area contributed by atoms with E-state index in [1.807, 2.05) is 0 Å². The minimum Gasteiger partial charge on any atom is -0.550 e. The molecule has 3 nitrogen and oxygen atoms in total. The molecule has 11 heavy (non-hydrogen) atoms. The molecule has 2 fully saturated rings. The maximum absolute atomic E-state index is 10.3. The number of carbonyl (C=O) groups excluding carboxylic acids is 1. The summed E-state index contributed by atoms with van der Waals surface area (Å²) in [6, 6.07) is 0. The van der Waals surface area contributed by atoms with Crippen LogP contribution in [0, 0.1) is 11.3 Å². The summed E-state index contributed by atoms with van der Waals surface area (Å²) in [5.41, 5.74) is 0.255. The van der Waals surface area contributed by atoms with Crippen molar-refractivity contribution in [2.24, 2.45) is 11.3 Å². The van der Waals surface area contributed by atoms with Crippen molar-refractivity contribution in [3.05, 3.63) is 0 Å². The van der Waals surface area contributed by atoms with E-state index in [9.17, 15) is 9.90 Å². The van der Waals surface area contributed by atoms with E-state index in [2.05, 4.69) is 0 Å². The summed E-state index contributed by atoms with van der Waals surface area (Å²) in [7, 11) is 0. The van der Waals surface area contributed by atoms with E-state index in [1.165, 1.54) is 0 Å². The van der Waals surface area contributed by atoms with Gasteiger partial charge in [0.25, 0.3) is 0 Å². The molecule has 0 N–H and O–H groups in total. The van der Waals surface area contributed by atoms with Gasteiger partial charge in [0, 0.05) is 11.4 Å². The number of hydrogen-bond acceptors (Lipinski definition) is 3. The van der Waals surface area contributed by atoms with Crippen LogP contribution in [-0.4, -0.2) is 19.2 Å². The number of carboxylic acid groups (broad SMARTS) is 1. The molecule has 0 radical (unpaired) electrons. The molecule has 0 unspecified atom stereocenters. The summed E-state index contributed by atoms with van der Waals surface area (Å²) >= 11 is 0. The molecule has 0 amide bonds. The van der Waals surface area contributed by atoms with Gasteiger partial charge in [-0.3, -0.25) is 0 Å². The summed E-state index contributed by atoms with van der Waals surface area (Å²) in [4.78, 5) is 10.3. The van der Waals surface area contributed by atoms with E-state index in [0.717, 1.165) is 26.1 Å². The zero-order valence-corrected chi connectivity index (χ0v) is 8.63. The van der Waals surface area contributed by atoms with E-state index >= 15 is 0 Å². The monoisotopic (exact) mass is 164 g/mol. The minimum absolute atomic E-state index is 0. The molecule has 1 aliphatic heterocycles. The van der Waals surface area contributed by atoms with E-state index < -0.39 is 5.97 Å². The predicted octanol–water partition coefficient (Wildman–Crippen LogP) is -3.83. The van der Waals surface area contributed by atoms with Crippen LogP contribution in [0.25, 0.3) is 0 Å². The molecule has 0 bridgehead atoms. The van der Waals surface area contributed by atoms with Gasteiger partial charge in [0.2, 0.25) is 0 Å². The van der Waals surface area contributed by atoms with Gasteiger partial charge in [-0.25, -0.2) is 0 Å². The van der Waals surface area contributed by atoms with Gasteiger partial charge in [0.15, 0.2) is 0 Å². The van der Waals surface area contributed by atoms with Crippen molar-refractivity contribution in [3.63, 3.8) is 0 Å². The average molecular weight is 164 g/mol. The van der Waals surface area contributed by atoms with Crippen molar-refractivity contribution < 1.29 is 44.2 Å². The Labute approximate surface area is 87.4 Å². The fourth-order valence-corrected chi connectivity index (χ4v) is 1.78. The Bertz CT molecular complexity index is 169. The zero-order chi connectivity index (χ0) is 7.19. The second kappa shape index (κ2) is 3.05. The van der Waals surface area contributed by atoms with Crippen LogP contribution in [-0.2, 0) is 9.53 Å². The Morgan fingerprint density at radius 1 is 1.45 bits per heavy atom. The second-order valence-electron chi connectivity index (χ2n) is 3.42. The van der Waals surface area contributed by atoms with Gasteiger partial charge in [-0.05, 0) is 18.8 Å². The van der Waals surface area contributed by atoms with Crippen LogP contribution in [0.15, 0.2) is 0 Å². The van der Waals surface area contributed by atoms with Gasteiger partial charge >= 0.3 is 29.6 Å². The first-order valence-electron chi connectivity index (χ1n) is 3.50. The Hall–Kier alpha value is 0.430. The molecule has 56 valence electrons. The molecule has 1 saturated heterocycles. The molecule has 0 aromatic carbocycles. The summed E-state index contributed by atoms with van der Waals surface area (Å²) in [6.07, 6.45) is 1.55. The van der Waals surface area contributed by atoms with Crippen molar-refractivity contribution in [2.45, 2.75) is 12.8 Å². The Balaban J connectivity index is 0.000000605. The second-order valence-corrected chi connectivity index (χ2v) is 3.42. The maximum atomic E-state index is 10.3. The third-order valence-corrected chi connectivity index (χ3v) is 2.51. The SMILES string of the molecule is O=C([O-])C1CC2(COC2)C1.[Na+]. The number of hydrogen-bond donors (Lipinski definition) is 0. The molecule has 0 aromatic rings. The predicted molar refractivity (Wildman–Crippen MR) is 31.0 cm³/mol. The van der Waals surface area contributed by atoms with Gasteiger partial charge in [-0.1, -0.05) is 0 Å². The molecule has 4 heteroatoms. The first kappa shape index (κ1) is 9.52. The van der Waals surface area contributed by atoms with Crippen LogP contribution in [0.4, 0.5) is 0 Å². The third-order valence-electron chi connectivity index (χ3n) is 2.51. The van der Waals surface area contributed by atoms with Crippen LogP contribution in [0.1, 0.15) is 12.8 Å². The normalized spacial score (nSPS) is 26.5. The summed E-state index contributed by atoms with van der Waals surface area (Å²) in [6.45, 7) is 1.52. The van der Waals surface area contributed by atoms with Gasteiger partial charge in [0.05, 0.1) is 13.2 Å². The molecule has 1 aliphatic carbocycles. The van der Waals surface area contributed by atoms with Crippen molar-refractivity contribution >= 4 is 5.97 Å². The van der Waals surface area contributed by atoms with Gasteiger partial charge in [-0.15, -0.1) is 0 Å². The molecular weight excluding hydrogens is 155 g/mol. The van der Waals surface area contributed by atoms with Gasteiger partial charge < -0.3 is 14.6 Å². The zero-order valence-electron chi connectivity index (χ0n) is 6.63. The average Bonchev–Trinajstić information content (AvgIpc) is 1.54. The summed E-state index contributed by atoms with van der Waals surface area (Å²) in [5.74, 6) is -1.08. The van der Waals surface area contributed by atoms with Crippen LogP contribution < -0.4 is 34.7 Å². The van der Waals surface area contributed by atoms with E-state index in [0.29, 0.717) is 0 Å². The van der Waals surface area contributed by atoms with Crippen LogP contribution in [0.2, 0.25) is 0 Å². The van der Waals surface area contributed by atoms with E-state index in [4.69, 9.17) is 4.74 Å². The number of carbonyl (C=O) groups is 1. The standard InChI is InChI=1S/C7H10O3.Na/c8-6(9)5-1-7(2-5)3-10-4-7;/h5H,1-4H2,(H,8,9);/q;+1/p-1. The number of carboxylic acids is 1. The number of ether oxygens (including phenoxy) is 1. The van der Waals surface area contributed by atoms with Crippen molar-refractivity contribution in [2.75, 3.05) is 13.2 Å². The molecule has 2 aliphatic rings. The smallest absolute Gasteiger partial charge is 0.550 e. The van der Waals surface area contributed by atoms with Gasteiger partial charge in [0.1, 0.15) is 0 Å². The molecule has 0 aromatic heterocycles. The fraction of sp³-hybridized carbons (Fsp3) is 0.857.